The van der Waals surface area contributed by atoms with Crippen molar-refractivity contribution < 1.29 is 14.3 Å². The van der Waals surface area contributed by atoms with Gasteiger partial charge in [0.1, 0.15) is 0 Å². The maximum Gasteiger partial charge on any atom is 0.228 e. The van der Waals surface area contributed by atoms with Crippen molar-refractivity contribution in [2.45, 2.75) is 30.3 Å². The summed E-state index contributed by atoms with van der Waals surface area (Å²) in [6.45, 7) is 3.65. The molecule has 1 aromatic heterocycles. The van der Waals surface area contributed by atoms with Crippen LogP contribution < -0.4 is 0 Å². The van der Waals surface area contributed by atoms with Gasteiger partial charge in [-0.25, -0.2) is 0 Å². The number of thioether (sulfide) groups is 1. The van der Waals surface area contributed by atoms with E-state index in [1.54, 1.807) is 6.20 Å². The molecule has 3 aliphatic rings. The summed E-state index contributed by atoms with van der Waals surface area (Å²) in [5, 5.41) is 0. The molecular formula is C17H22N2O3S. The van der Waals surface area contributed by atoms with Gasteiger partial charge in [-0.1, -0.05) is 6.07 Å². The third-order valence-electron chi connectivity index (χ3n) is 4.92. The second kappa shape index (κ2) is 6.42. The first-order valence-electron chi connectivity index (χ1n) is 8.26. The summed E-state index contributed by atoms with van der Waals surface area (Å²) in [6, 6.07) is 5.89. The van der Waals surface area contributed by atoms with Crippen LogP contribution in [0.4, 0.5) is 0 Å². The molecule has 5 nitrogen and oxygen atoms in total. The van der Waals surface area contributed by atoms with Crippen LogP contribution in [-0.4, -0.2) is 58.7 Å². The lowest BCUT2D eigenvalue weighted by atomic mass is 9.91. The Bertz CT molecular complexity index is 556. The van der Waals surface area contributed by atoms with E-state index < -0.39 is 0 Å². The van der Waals surface area contributed by atoms with Crippen molar-refractivity contribution >= 4 is 17.7 Å². The molecule has 1 amide bonds. The number of hydrogen-bond acceptors (Lipinski definition) is 5. The highest BCUT2D eigenvalue weighted by Gasteiger charge is 2.51. The van der Waals surface area contributed by atoms with E-state index in [1.807, 2.05) is 34.9 Å². The summed E-state index contributed by atoms with van der Waals surface area (Å²) in [7, 11) is 0. The van der Waals surface area contributed by atoms with E-state index in [-0.39, 0.29) is 22.7 Å². The quantitative estimate of drug-likeness (QED) is 0.839. The van der Waals surface area contributed by atoms with Crippen LogP contribution in [0.2, 0.25) is 0 Å². The highest BCUT2D eigenvalue weighted by atomic mass is 32.2. The Labute approximate surface area is 140 Å². The second-order valence-electron chi connectivity index (χ2n) is 6.71. The van der Waals surface area contributed by atoms with E-state index in [9.17, 15) is 4.79 Å². The number of rotatable bonds is 4. The summed E-state index contributed by atoms with van der Waals surface area (Å²) in [5.41, 5.74) is 0.977. The van der Waals surface area contributed by atoms with Crippen LogP contribution in [0, 0.1) is 5.92 Å². The average Bonchev–Trinajstić information content (AvgIpc) is 3.22. The van der Waals surface area contributed by atoms with Gasteiger partial charge in [0.2, 0.25) is 5.91 Å². The van der Waals surface area contributed by atoms with Crippen molar-refractivity contribution in [2.24, 2.45) is 5.92 Å². The van der Waals surface area contributed by atoms with Gasteiger partial charge in [-0.05, 0) is 25.0 Å². The molecule has 0 saturated carbocycles. The third kappa shape index (κ3) is 3.25. The summed E-state index contributed by atoms with van der Waals surface area (Å²) in [4.78, 5) is 18.7. The first-order valence-corrected chi connectivity index (χ1v) is 9.25. The maximum atomic E-state index is 12.4. The lowest BCUT2D eigenvalue weighted by Crippen LogP contribution is -2.62. The Hall–Kier alpha value is -1.11. The zero-order valence-corrected chi connectivity index (χ0v) is 14.0. The minimum Gasteiger partial charge on any atom is -0.381 e. The van der Waals surface area contributed by atoms with E-state index in [4.69, 9.17) is 9.47 Å². The molecule has 124 valence electrons. The van der Waals surface area contributed by atoms with Gasteiger partial charge in [-0.15, -0.1) is 11.8 Å². The van der Waals surface area contributed by atoms with Crippen molar-refractivity contribution in [3.8, 4) is 0 Å². The first kappa shape index (κ1) is 15.4. The Morgan fingerprint density at radius 1 is 1.48 bits per heavy atom. The first-order chi connectivity index (χ1) is 11.2. The fourth-order valence-corrected chi connectivity index (χ4v) is 5.16. The van der Waals surface area contributed by atoms with Gasteiger partial charge < -0.3 is 14.4 Å². The van der Waals surface area contributed by atoms with Crippen molar-refractivity contribution in [1.82, 2.24) is 9.88 Å². The molecule has 0 radical (unpaired) electrons. The van der Waals surface area contributed by atoms with Crippen LogP contribution in [0.5, 0.6) is 0 Å². The molecular weight excluding hydrogens is 312 g/mol. The molecule has 4 rings (SSSR count). The van der Waals surface area contributed by atoms with Crippen molar-refractivity contribution in [1.29, 1.82) is 0 Å². The van der Waals surface area contributed by atoms with Gasteiger partial charge >= 0.3 is 0 Å². The molecule has 0 aromatic carbocycles. The summed E-state index contributed by atoms with van der Waals surface area (Å²) < 4.78 is 11.6. The summed E-state index contributed by atoms with van der Waals surface area (Å²) >= 11 is 1.97. The van der Waals surface area contributed by atoms with Crippen LogP contribution in [-0.2, 0) is 20.9 Å². The molecule has 3 fully saturated rings. The van der Waals surface area contributed by atoms with Crippen LogP contribution in [0.3, 0.4) is 0 Å². The third-order valence-corrected chi connectivity index (χ3v) is 6.49. The average molecular weight is 334 g/mol. The van der Waals surface area contributed by atoms with Crippen LogP contribution in [0.15, 0.2) is 24.4 Å². The van der Waals surface area contributed by atoms with Crippen molar-refractivity contribution in [3.05, 3.63) is 30.1 Å². The van der Waals surface area contributed by atoms with E-state index >= 15 is 0 Å². The fourth-order valence-electron chi connectivity index (χ4n) is 3.61. The van der Waals surface area contributed by atoms with E-state index in [0.717, 1.165) is 44.0 Å². The lowest BCUT2D eigenvalue weighted by molar-refractivity contribution is -0.141. The lowest BCUT2D eigenvalue weighted by Gasteiger charge is -2.48. The predicted octanol–water partition coefficient (Wildman–Crippen LogP) is 1.72. The normalized spacial score (nSPS) is 29.0. The highest BCUT2D eigenvalue weighted by Crippen LogP contribution is 2.46. The fraction of sp³-hybridized carbons (Fsp3) is 0.647. The number of nitrogens with zero attached hydrogens (tertiary/aromatic N) is 2. The van der Waals surface area contributed by atoms with E-state index in [0.29, 0.717) is 13.2 Å². The van der Waals surface area contributed by atoms with Crippen molar-refractivity contribution in [2.75, 3.05) is 32.1 Å². The number of ether oxygens (including phenoxy) is 2. The summed E-state index contributed by atoms with van der Waals surface area (Å²) in [6.07, 6.45) is 3.99. The van der Waals surface area contributed by atoms with E-state index in [1.165, 1.54) is 0 Å². The second-order valence-corrected chi connectivity index (χ2v) is 8.20. The predicted molar refractivity (Wildman–Crippen MR) is 88.1 cm³/mol. The number of likely N-dealkylation sites (tertiary alicyclic amines) is 1. The number of aromatic nitrogens is 1. The Balaban J connectivity index is 1.24. The Morgan fingerprint density at radius 2 is 2.39 bits per heavy atom. The molecule has 0 unspecified atom stereocenters. The molecule has 3 saturated heterocycles. The zero-order valence-electron chi connectivity index (χ0n) is 13.1. The molecule has 3 aliphatic heterocycles. The van der Waals surface area contributed by atoms with E-state index in [2.05, 4.69) is 4.98 Å². The van der Waals surface area contributed by atoms with Crippen molar-refractivity contribution in [3.63, 3.8) is 0 Å². The minimum absolute atomic E-state index is 0.0926. The molecule has 1 spiro atoms. The van der Waals surface area contributed by atoms with Gasteiger partial charge in [0.05, 0.1) is 35.7 Å². The minimum atomic E-state index is 0.0926. The number of pyridine rings is 1. The number of carbonyl (C=O) groups excluding carboxylic acids is 1. The number of amides is 1. The summed E-state index contributed by atoms with van der Waals surface area (Å²) in [5.74, 6) is 1.39. The van der Waals surface area contributed by atoms with Gasteiger partial charge in [-0.2, -0.15) is 0 Å². The number of carbonyl (C=O) groups is 1. The van der Waals surface area contributed by atoms with Gasteiger partial charge in [0.25, 0.3) is 0 Å². The molecule has 4 heterocycles. The topological polar surface area (TPSA) is 51.7 Å². The standard InChI is InChI=1S/C17H22N2O3S/c20-16(13-4-6-21-8-13)19-11-17(12-19)7-15(10-23-17)22-9-14-3-1-2-5-18-14/h1-3,5,13,15H,4,6-12H2/t13-,15-/m0/s1. The SMILES string of the molecule is O=C([C@H]1CCOC1)N1CC2(C[C@H](OCc3ccccn3)CS2)C1. The maximum absolute atomic E-state index is 12.4. The monoisotopic (exact) mass is 334 g/mol. The van der Waals surface area contributed by atoms with Gasteiger partial charge in [0, 0.05) is 31.6 Å². The molecule has 1 aromatic rings. The van der Waals surface area contributed by atoms with Crippen LogP contribution >= 0.6 is 11.8 Å². The van der Waals surface area contributed by atoms with Crippen LogP contribution in [0.25, 0.3) is 0 Å². The zero-order chi connectivity index (χ0) is 15.7. The number of hydrogen-bond donors (Lipinski definition) is 0. The molecule has 6 heteroatoms. The Morgan fingerprint density at radius 3 is 3.13 bits per heavy atom. The van der Waals surface area contributed by atoms with Crippen LogP contribution in [0.1, 0.15) is 18.5 Å². The molecule has 0 aliphatic carbocycles. The largest absolute Gasteiger partial charge is 0.381 e. The smallest absolute Gasteiger partial charge is 0.228 e. The molecule has 2 atom stereocenters. The molecule has 23 heavy (non-hydrogen) atoms. The molecule has 0 N–H and O–H groups in total. The molecule has 0 bridgehead atoms. The van der Waals surface area contributed by atoms with Gasteiger partial charge in [0.15, 0.2) is 0 Å². The Kier molecular flexibility index (Phi) is 4.30. The highest BCUT2D eigenvalue weighted by molar-refractivity contribution is 8.01. The van der Waals surface area contributed by atoms with Gasteiger partial charge in [-0.3, -0.25) is 9.78 Å².